The molecule has 6 heteroatoms. The molecule has 0 spiro atoms. The van der Waals surface area contributed by atoms with Crippen LogP contribution in [0, 0.1) is 0 Å². The standard InChI is InChI=1S/C20H24N2O4/c1-3-26-14-17-7-5-4-6-16(17)12-21-19(23)13-22-20(24)15-8-10-18(25-2)11-9-15/h4-11H,3,12-14H2,1-2H3,(H,21,23)(H,22,24). The van der Waals surface area contributed by atoms with Crippen molar-refractivity contribution in [2.45, 2.75) is 20.1 Å². The number of carbonyl (C=O) groups excluding carboxylic acids is 2. The fraction of sp³-hybridized carbons (Fsp3) is 0.300. The van der Waals surface area contributed by atoms with Gasteiger partial charge in [-0.15, -0.1) is 0 Å². The van der Waals surface area contributed by atoms with Gasteiger partial charge >= 0.3 is 0 Å². The smallest absolute Gasteiger partial charge is 0.251 e. The number of hydrogen-bond donors (Lipinski definition) is 2. The van der Waals surface area contributed by atoms with E-state index in [9.17, 15) is 9.59 Å². The van der Waals surface area contributed by atoms with Crippen molar-refractivity contribution in [3.8, 4) is 5.75 Å². The van der Waals surface area contributed by atoms with Crippen LogP contribution in [-0.4, -0.2) is 32.1 Å². The summed E-state index contributed by atoms with van der Waals surface area (Å²) in [5.74, 6) is 0.114. The van der Waals surface area contributed by atoms with Crippen molar-refractivity contribution in [3.63, 3.8) is 0 Å². The van der Waals surface area contributed by atoms with Crippen LogP contribution in [0.2, 0.25) is 0 Å². The number of carbonyl (C=O) groups is 2. The minimum atomic E-state index is -0.306. The molecule has 0 bridgehead atoms. The van der Waals surface area contributed by atoms with E-state index in [1.165, 1.54) is 0 Å². The number of ether oxygens (including phenoxy) is 2. The molecule has 0 heterocycles. The van der Waals surface area contributed by atoms with Gasteiger partial charge in [-0.2, -0.15) is 0 Å². The zero-order valence-electron chi connectivity index (χ0n) is 15.1. The number of rotatable bonds is 9. The van der Waals surface area contributed by atoms with Crippen LogP contribution < -0.4 is 15.4 Å². The van der Waals surface area contributed by atoms with Crippen molar-refractivity contribution in [1.82, 2.24) is 10.6 Å². The summed E-state index contributed by atoms with van der Waals surface area (Å²) in [6.45, 7) is 3.39. The second-order valence-electron chi connectivity index (χ2n) is 5.59. The second-order valence-corrected chi connectivity index (χ2v) is 5.59. The van der Waals surface area contributed by atoms with E-state index < -0.39 is 0 Å². The van der Waals surface area contributed by atoms with Crippen molar-refractivity contribution in [1.29, 1.82) is 0 Å². The first-order chi connectivity index (χ1) is 12.6. The molecule has 2 aromatic carbocycles. The van der Waals surface area contributed by atoms with Gasteiger partial charge in [0.15, 0.2) is 0 Å². The number of nitrogens with one attached hydrogen (secondary N) is 2. The zero-order valence-corrected chi connectivity index (χ0v) is 15.1. The van der Waals surface area contributed by atoms with Gasteiger partial charge in [0.05, 0.1) is 20.3 Å². The van der Waals surface area contributed by atoms with Gasteiger partial charge in [-0.1, -0.05) is 24.3 Å². The Morgan fingerprint density at radius 1 is 0.962 bits per heavy atom. The molecule has 6 nitrogen and oxygen atoms in total. The quantitative estimate of drug-likeness (QED) is 0.723. The van der Waals surface area contributed by atoms with Gasteiger partial charge in [-0.25, -0.2) is 0 Å². The maximum Gasteiger partial charge on any atom is 0.251 e. The molecule has 26 heavy (non-hydrogen) atoms. The number of benzene rings is 2. The topological polar surface area (TPSA) is 76.7 Å². The lowest BCUT2D eigenvalue weighted by molar-refractivity contribution is -0.120. The van der Waals surface area contributed by atoms with Gasteiger partial charge in [0.1, 0.15) is 5.75 Å². The van der Waals surface area contributed by atoms with Crippen molar-refractivity contribution in [3.05, 3.63) is 65.2 Å². The molecule has 0 saturated carbocycles. The monoisotopic (exact) mass is 356 g/mol. The van der Waals surface area contributed by atoms with E-state index in [1.54, 1.807) is 31.4 Å². The summed E-state index contributed by atoms with van der Waals surface area (Å²) in [6, 6.07) is 14.5. The molecule has 0 aliphatic heterocycles. The first-order valence-corrected chi connectivity index (χ1v) is 8.47. The fourth-order valence-corrected chi connectivity index (χ4v) is 2.34. The van der Waals surface area contributed by atoms with Crippen LogP contribution in [0.4, 0.5) is 0 Å². The molecule has 0 radical (unpaired) electrons. The Balaban J connectivity index is 1.81. The van der Waals surface area contributed by atoms with E-state index in [1.807, 2.05) is 31.2 Å². The number of hydrogen-bond acceptors (Lipinski definition) is 4. The number of amides is 2. The molecule has 138 valence electrons. The first-order valence-electron chi connectivity index (χ1n) is 8.47. The highest BCUT2D eigenvalue weighted by Crippen LogP contribution is 2.11. The molecule has 2 N–H and O–H groups in total. The summed E-state index contributed by atoms with van der Waals surface area (Å²) < 4.78 is 10.5. The second kappa shape index (κ2) is 10.2. The Morgan fingerprint density at radius 2 is 1.65 bits per heavy atom. The molecule has 2 aromatic rings. The molecule has 0 fully saturated rings. The molecule has 2 rings (SSSR count). The summed E-state index contributed by atoms with van der Waals surface area (Å²) in [4.78, 5) is 24.0. The fourth-order valence-electron chi connectivity index (χ4n) is 2.34. The molecule has 0 aromatic heterocycles. The lowest BCUT2D eigenvalue weighted by atomic mass is 10.1. The molecule has 0 unspecified atom stereocenters. The normalized spacial score (nSPS) is 10.2. The highest BCUT2D eigenvalue weighted by atomic mass is 16.5. The lowest BCUT2D eigenvalue weighted by Gasteiger charge is -2.11. The third-order valence-electron chi connectivity index (χ3n) is 3.82. The average Bonchev–Trinajstić information content (AvgIpc) is 2.69. The predicted molar refractivity (Wildman–Crippen MR) is 98.9 cm³/mol. The lowest BCUT2D eigenvalue weighted by Crippen LogP contribution is -2.36. The Labute approximate surface area is 153 Å². The summed E-state index contributed by atoms with van der Waals surface area (Å²) in [5, 5.41) is 5.42. The Morgan fingerprint density at radius 3 is 2.31 bits per heavy atom. The van der Waals surface area contributed by atoms with Gasteiger partial charge in [0.25, 0.3) is 5.91 Å². The third kappa shape index (κ3) is 5.89. The minimum Gasteiger partial charge on any atom is -0.497 e. The van der Waals surface area contributed by atoms with Gasteiger partial charge in [-0.05, 0) is 42.3 Å². The molecular formula is C20H24N2O4. The van der Waals surface area contributed by atoms with Gasteiger partial charge < -0.3 is 20.1 Å². The highest BCUT2D eigenvalue weighted by molar-refractivity contribution is 5.96. The minimum absolute atomic E-state index is 0.0848. The van der Waals surface area contributed by atoms with Crippen molar-refractivity contribution < 1.29 is 19.1 Å². The van der Waals surface area contributed by atoms with Crippen LogP contribution >= 0.6 is 0 Å². The van der Waals surface area contributed by atoms with Crippen LogP contribution in [0.25, 0.3) is 0 Å². The van der Waals surface area contributed by atoms with E-state index in [4.69, 9.17) is 9.47 Å². The molecule has 2 amide bonds. The largest absolute Gasteiger partial charge is 0.497 e. The van der Waals surface area contributed by atoms with Crippen LogP contribution in [0.1, 0.15) is 28.4 Å². The maximum absolute atomic E-state index is 12.0. The SMILES string of the molecule is CCOCc1ccccc1CNC(=O)CNC(=O)c1ccc(OC)cc1. The molecule has 0 aliphatic rings. The van der Waals surface area contributed by atoms with E-state index in [-0.39, 0.29) is 18.4 Å². The van der Waals surface area contributed by atoms with Crippen molar-refractivity contribution in [2.75, 3.05) is 20.3 Å². The summed E-state index contributed by atoms with van der Waals surface area (Å²) in [7, 11) is 1.56. The first kappa shape index (κ1) is 19.5. The van der Waals surface area contributed by atoms with Crippen molar-refractivity contribution >= 4 is 11.8 Å². The Bertz CT molecular complexity index is 729. The summed E-state index contributed by atoms with van der Waals surface area (Å²) in [5.41, 5.74) is 2.51. The molecule has 0 saturated heterocycles. The average molecular weight is 356 g/mol. The maximum atomic E-state index is 12.0. The predicted octanol–water partition coefficient (Wildman–Crippen LogP) is 2.28. The van der Waals surface area contributed by atoms with Gasteiger partial charge in [-0.3, -0.25) is 9.59 Å². The zero-order chi connectivity index (χ0) is 18.8. The van der Waals surface area contributed by atoms with Crippen LogP contribution in [0.15, 0.2) is 48.5 Å². The summed E-state index contributed by atoms with van der Waals surface area (Å²) in [6.07, 6.45) is 0. The third-order valence-corrected chi connectivity index (χ3v) is 3.82. The van der Waals surface area contributed by atoms with Gasteiger partial charge in [0, 0.05) is 18.7 Å². The van der Waals surface area contributed by atoms with Crippen LogP contribution in [-0.2, 0) is 22.7 Å². The molecule has 0 aliphatic carbocycles. The van der Waals surface area contributed by atoms with E-state index >= 15 is 0 Å². The van der Waals surface area contributed by atoms with E-state index in [0.29, 0.717) is 31.1 Å². The van der Waals surface area contributed by atoms with Crippen LogP contribution in [0.5, 0.6) is 5.75 Å². The molecule has 0 atom stereocenters. The van der Waals surface area contributed by atoms with E-state index in [0.717, 1.165) is 11.1 Å². The Kier molecular flexibility index (Phi) is 7.64. The van der Waals surface area contributed by atoms with Crippen LogP contribution in [0.3, 0.4) is 0 Å². The Hall–Kier alpha value is -2.86. The van der Waals surface area contributed by atoms with E-state index in [2.05, 4.69) is 10.6 Å². The van der Waals surface area contributed by atoms with Crippen molar-refractivity contribution in [2.24, 2.45) is 0 Å². The molecular weight excluding hydrogens is 332 g/mol. The number of methoxy groups -OCH3 is 1. The highest BCUT2D eigenvalue weighted by Gasteiger charge is 2.09. The summed E-state index contributed by atoms with van der Waals surface area (Å²) >= 11 is 0. The van der Waals surface area contributed by atoms with Gasteiger partial charge in [0.2, 0.25) is 5.91 Å².